The third-order valence-corrected chi connectivity index (χ3v) is 9.88. The van der Waals surface area contributed by atoms with Crippen LogP contribution < -0.4 is 10.6 Å². The van der Waals surface area contributed by atoms with Gasteiger partial charge in [-0.25, -0.2) is 14.8 Å². The van der Waals surface area contributed by atoms with Crippen LogP contribution in [0.25, 0.3) is 22.0 Å². The average Bonchev–Trinajstić information content (AvgIpc) is 3.67. The lowest BCUT2D eigenvalue weighted by Crippen LogP contribution is -2.40. The summed E-state index contributed by atoms with van der Waals surface area (Å²) in [5, 5.41) is 17.5. The molecule has 0 saturated carbocycles. The van der Waals surface area contributed by atoms with E-state index in [0.29, 0.717) is 49.1 Å². The summed E-state index contributed by atoms with van der Waals surface area (Å²) in [7, 11) is 1.84. The molecule has 2 aliphatic rings. The third-order valence-electron chi connectivity index (χ3n) is 9.88. The normalized spacial score (nSPS) is 16.2. The summed E-state index contributed by atoms with van der Waals surface area (Å²) in [6.07, 6.45) is 4.44. The molecule has 0 bridgehead atoms. The number of anilines is 3. The SMILES string of the molecule is Cc1c(NC(=O)c2nc3c(n2C)CCN(C(=O)OC(C)(C)C)C3)cccc1-c1cccc(Nc2nccc3cc(CN4CCC(O)C4)cnc23)c1C. The van der Waals surface area contributed by atoms with Crippen LogP contribution in [-0.2, 0) is 31.3 Å². The molecule has 12 nitrogen and oxygen atoms in total. The first-order chi connectivity index (χ1) is 24.8. The van der Waals surface area contributed by atoms with Gasteiger partial charge >= 0.3 is 6.09 Å². The van der Waals surface area contributed by atoms with E-state index in [9.17, 15) is 14.7 Å². The highest BCUT2D eigenvalue weighted by molar-refractivity contribution is 6.03. The van der Waals surface area contributed by atoms with E-state index in [4.69, 9.17) is 9.72 Å². The Hall–Kier alpha value is -5.33. The van der Waals surface area contributed by atoms with Gasteiger partial charge in [0.15, 0.2) is 11.6 Å². The van der Waals surface area contributed by atoms with Gasteiger partial charge in [-0.05, 0) is 93.1 Å². The van der Waals surface area contributed by atoms with Gasteiger partial charge in [-0.3, -0.25) is 14.7 Å². The number of likely N-dealkylation sites (tertiary alicyclic amines) is 1. The van der Waals surface area contributed by atoms with Crippen molar-refractivity contribution < 1.29 is 19.4 Å². The summed E-state index contributed by atoms with van der Waals surface area (Å²) in [5.74, 6) is 0.649. The standard InChI is InChI=1S/C40H46N8O4/c1-24-29(9-7-11-31(24)43-36-35-27(13-16-41-36)19-26(20-42-35)21-47-17-14-28(49)22-47)30-10-8-12-32(25(30)2)45-38(50)37-44-33-23-48(18-15-34(33)46(37)6)39(51)52-40(3,4)5/h7-13,16,19-20,28,49H,14-15,17-18,21-23H2,1-6H3,(H,41,43)(H,45,50). The zero-order chi connectivity index (χ0) is 36.7. The summed E-state index contributed by atoms with van der Waals surface area (Å²) < 4.78 is 7.38. The van der Waals surface area contributed by atoms with Crippen LogP contribution in [0.4, 0.5) is 22.0 Å². The number of aromatic nitrogens is 4. The summed E-state index contributed by atoms with van der Waals surface area (Å²) in [6, 6.07) is 16.1. The molecule has 12 heteroatoms. The molecular formula is C40H46N8O4. The molecule has 1 fully saturated rings. The van der Waals surface area contributed by atoms with Crippen molar-refractivity contribution in [1.82, 2.24) is 29.3 Å². The highest BCUT2D eigenvalue weighted by atomic mass is 16.6. The number of amides is 2. The van der Waals surface area contributed by atoms with E-state index in [1.54, 1.807) is 11.1 Å². The Morgan fingerprint density at radius 1 is 1.00 bits per heavy atom. The van der Waals surface area contributed by atoms with Crippen molar-refractivity contribution in [1.29, 1.82) is 0 Å². The number of β-amino-alcohol motifs (C(OH)–C–C–N with tert-alkyl or cyclic N) is 1. The Bertz CT molecular complexity index is 2170. The smallest absolute Gasteiger partial charge is 0.410 e. The number of nitrogens with one attached hydrogen (secondary N) is 2. The maximum Gasteiger partial charge on any atom is 0.410 e. The third kappa shape index (κ3) is 7.21. The van der Waals surface area contributed by atoms with Crippen molar-refractivity contribution in [2.45, 2.75) is 72.3 Å². The van der Waals surface area contributed by atoms with Gasteiger partial charge in [-0.2, -0.15) is 0 Å². The van der Waals surface area contributed by atoms with Gasteiger partial charge in [-0.1, -0.05) is 24.3 Å². The molecule has 2 aromatic carbocycles. The average molecular weight is 703 g/mol. The van der Waals surface area contributed by atoms with Crippen LogP contribution in [0.2, 0.25) is 0 Å². The Balaban J connectivity index is 1.09. The fraction of sp³-hybridized carbons (Fsp3) is 0.375. The zero-order valence-electron chi connectivity index (χ0n) is 30.7. The Kier molecular flexibility index (Phi) is 9.45. The lowest BCUT2D eigenvalue weighted by Gasteiger charge is -2.29. The molecule has 5 heterocycles. The second-order valence-corrected chi connectivity index (χ2v) is 14.8. The highest BCUT2D eigenvalue weighted by Crippen LogP contribution is 2.35. The first kappa shape index (κ1) is 35.1. The number of carbonyl (C=O) groups excluding carboxylic acids is 2. The number of hydrogen-bond donors (Lipinski definition) is 3. The van der Waals surface area contributed by atoms with Crippen LogP contribution in [-0.4, -0.2) is 77.8 Å². The maximum absolute atomic E-state index is 13.7. The molecule has 3 aromatic heterocycles. The van der Waals surface area contributed by atoms with Gasteiger partial charge in [0.05, 0.1) is 18.3 Å². The van der Waals surface area contributed by atoms with Crippen molar-refractivity contribution in [2.75, 3.05) is 30.3 Å². The quantitative estimate of drug-likeness (QED) is 0.174. The fourth-order valence-corrected chi connectivity index (χ4v) is 7.14. The van der Waals surface area contributed by atoms with Crippen molar-refractivity contribution >= 4 is 40.1 Å². The van der Waals surface area contributed by atoms with Crippen LogP contribution >= 0.6 is 0 Å². The van der Waals surface area contributed by atoms with E-state index in [1.165, 1.54) is 0 Å². The van der Waals surface area contributed by atoms with Crippen molar-refractivity contribution in [3.63, 3.8) is 0 Å². The number of ether oxygens (including phenoxy) is 1. The number of benzene rings is 2. The first-order valence-corrected chi connectivity index (χ1v) is 17.8. The van der Waals surface area contributed by atoms with Gasteiger partial charge in [0.2, 0.25) is 0 Å². The van der Waals surface area contributed by atoms with Crippen molar-refractivity contribution in [3.05, 3.63) is 94.8 Å². The maximum atomic E-state index is 13.7. The van der Waals surface area contributed by atoms with Crippen LogP contribution in [0.5, 0.6) is 0 Å². The zero-order valence-corrected chi connectivity index (χ0v) is 30.7. The first-order valence-electron chi connectivity index (χ1n) is 17.8. The molecule has 1 saturated heterocycles. The number of aliphatic hydroxyl groups excluding tert-OH is 1. The Labute approximate surface area is 303 Å². The predicted octanol–water partition coefficient (Wildman–Crippen LogP) is 6.50. The topological polar surface area (TPSA) is 138 Å². The number of carbonyl (C=O) groups is 2. The number of rotatable bonds is 7. The van der Waals surface area contributed by atoms with Crippen molar-refractivity contribution in [2.24, 2.45) is 7.05 Å². The van der Waals surface area contributed by atoms with Crippen LogP contribution in [0.1, 0.15) is 65.9 Å². The number of hydrogen-bond acceptors (Lipinski definition) is 9. The molecule has 5 aromatic rings. The number of fused-ring (bicyclic) bond motifs is 2. The minimum atomic E-state index is -0.591. The Morgan fingerprint density at radius 2 is 1.73 bits per heavy atom. The molecule has 3 N–H and O–H groups in total. The monoisotopic (exact) mass is 702 g/mol. The van der Waals surface area contributed by atoms with E-state index >= 15 is 0 Å². The van der Waals surface area contributed by atoms with Gasteiger partial charge in [0.1, 0.15) is 11.1 Å². The van der Waals surface area contributed by atoms with Crippen LogP contribution in [0.3, 0.4) is 0 Å². The van der Waals surface area contributed by atoms with E-state index in [2.05, 4.69) is 50.6 Å². The molecule has 7 rings (SSSR count). The van der Waals surface area contributed by atoms with Crippen molar-refractivity contribution in [3.8, 4) is 11.1 Å². The molecule has 0 aliphatic carbocycles. The van der Waals surface area contributed by atoms with E-state index in [1.807, 2.05) is 75.8 Å². The second kappa shape index (κ2) is 14.0. The molecule has 52 heavy (non-hydrogen) atoms. The molecule has 0 spiro atoms. The number of pyridine rings is 2. The minimum absolute atomic E-state index is 0.254. The van der Waals surface area contributed by atoms with Gasteiger partial charge in [0, 0.05) is 74.5 Å². The number of aliphatic hydroxyl groups is 1. The summed E-state index contributed by atoms with van der Waals surface area (Å²) in [6.45, 7) is 12.7. The fourth-order valence-electron chi connectivity index (χ4n) is 7.14. The molecule has 2 amide bonds. The van der Waals surface area contributed by atoms with Crippen LogP contribution in [0, 0.1) is 13.8 Å². The minimum Gasteiger partial charge on any atom is -0.444 e. The number of nitrogens with zero attached hydrogens (tertiary/aromatic N) is 6. The predicted molar refractivity (Wildman–Crippen MR) is 202 cm³/mol. The highest BCUT2D eigenvalue weighted by Gasteiger charge is 2.30. The lowest BCUT2D eigenvalue weighted by molar-refractivity contribution is 0.0220. The van der Waals surface area contributed by atoms with Gasteiger partial charge in [-0.15, -0.1) is 0 Å². The molecule has 270 valence electrons. The molecule has 1 atom stereocenters. The Morgan fingerprint density at radius 3 is 2.44 bits per heavy atom. The molecule has 0 radical (unpaired) electrons. The van der Waals surface area contributed by atoms with E-state index < -0.39 is 5.60 Å². The van der Waals surface area contributed by atoms with Gasteiger partial charge in [0.25, 0.3) is 5.91 Å². The summed E-state index contributed by atoms with van der Waals surface area (Å²) in [5.41, 5.74) is 8.51. The molecular weight excluding hydrogens is 656 g/mol. The molecule has 1 unspecified atom stereocenters. The van der Waals surface area contributed by atoms with E-state index in [0.717, 1.165) is 69.6 Å². The summed E-state index contributed by atoms with van der Waals surface area (Å²) >= 11 is 0. The summed E-state index contributed by atoms with van der Waals surface area (Å²) in [4.78, 5) is 44.4. The van der Waals surface area contributed by atoms with Crippen LogP contribution in [0.15, 0.2) is 60.9 Å². The van der Waals surface area contributed by atoms with Gasteiger partial charge < -0.3 is 29.9 Å². The number of imidazole rings is 1. The lowest BCUT2D eigenvalue weighted by atomic mass is 9.94. The van der Waals surface area contributed by atoms with E-state index in [-0.39, 0.29) is 18.1 Å². The molecule has 2 aliphatic heterocycles. The second-order valence-electron chi connectivity index (χ2n) is 14.8. The largest absolute Gasteiger partial charge is 0.444 e.